The van der Waals surface area contributed by atoms with E-state index in [9.17, 15) is 39.3 Å². The summed E-state index contributed by atoms with van der Waals surface area (Å²) in [6.45, 7) is -0.274. The van der Waals surface area contributed by atoms with Crippen molar-refractivity contribution in [2.75, 3.05) is 25.5 Å². The molecule has 61 heavy (non-hydrogen) atoms. The van der Waals surface area contributed by atoms with Gasteiger partial charge in [0.25, 0.3) is 11.8 Å². The van der Waals surface area contributed by atoms with E-state index < -0.39 is 34.3 Å². The van der Waals surface area contributed by atoms with E-state index in [1.807, 2.05) is 0 Å². The normalized spacial score (nSPS) is 11.3. The minimum atomic E-state index is -1.46. The molecule has 4 aromatic carbocycles. The Labute approximate surface area is 353 Å². The highest BCUT2D eigenvalue weighted by Crippen LogP contribution is 2.47. The second kappa shape index (κ2) is 15.8. The van der Waals surface area contributed by atoms with Crippen LogP contribution >= 0.6 is 23.2 Å². The number of phenols is 1. The number of benzene rings is 6. The molecule has 2 amide bonds. The number of hydrogen-bond donors (Lipinski definition) is 7. The van der Waals surface area contributed by atoms with Gasteiger partial charge in [-0.25, -0.2) is 9.59 Å². The number of hydrogen-bond acceptors (Lipinski definition) is 10. The van der Waals surface area contributed by atoms with Crippen molar-refractivity contribution in [1.82, 2.24) is 10.6 Å². The number of nitrogens with one attached hydrogen (secondary N) is 4. The van der Waals surface area contributed by atoms with Gasteiger partial charge in [-0.3, -0.25) is 14.4 Å². The van der Waals surface area contributed by atoms with E-state index in [0.717, 1.165) is 0 Å². The summed E-state index contributed by atoms with van der Waals surface area (Å²) in [5.41, 5.74) is 1.97. The van der Waals surface area contributed by atoms with E-state index in [4.69, 9.17) is 37.4 Å². The molecular weight excluding hydrogens is 827 g/mol. The first kappa shape index (κ1) is 40.1. The lowest BCUT2D eigenvalue weighted by Gasteiger charge is -2.20. The molecule has 4 aliphatic rings. The fourth-order valence-electron chi connectivity index (χ4n) is 7.33. The van der Waals surface area contributed by atoms with E-state index in [2.05, 4.69) is 16.0 Å². The summed E-state index contributed by atoms with van der Waals surface area (Å²) in [4.78, 5) is 64.5. The van der Waals surface area contributed by atoms with Gasteiger partial charge < -0.3 is 45.5 Å². The molecule has 8 rings (SSSR count). The van der Waals surface area contributed by atoms with Crippen LogP contribution in [0.25, 0.3) is 66.8 Å². The first-order valence-corrected chi connectivity index (χ1v) is 19.1. The molecule has 2 aliphatic heterocycles. The minimum Gasteiger partial charge on any atom is -0.508 e. The van der Waals surface area contributed by atoms with Crippen molar-refractivity contribution in [1.29, 1.82) is 5.41 Å². The van der Waals surface area contributed by atoms with Gasteiger partial charge in [-0.05, 0) is 72.3 Å². The third-order valence-electron chi connectivity index (χ3n) is 10.1. The Kier molecular flexibility index (Phi) is 10.4. The maximum absolute atomic E-state index is 13.5. The second-order valence-electron chi connectivity index (χ2n) is 13.8. The fraction of sp³-hybridized carbons (Fsp3) is 0.0667. The molecule has 16 heteroatoms. The zero-order valence-corrected chi connectivity index (χ0v) is 33.1. The van der Waals surface area contributed by atoms with Crippen LogP contribution < -0.4 is 26.7 Å². The van der Waals surface area contributed by atoms with E-state index in [-0.39, 0.29) is 73.8 Å². The summed E-state index contributed by atoms with van der Waals surface area (Å²) in [6.07, 6.45) is 0. The zero-order chi connectivity index (χ0) is 43.3. The quantitative estimate of drug-likeness (QED) is 0.0512. The van der Waals surface area contributed by atoms with Crippen molar-refractivity contribution in [3.05, 3.63) is 145 Å². The highest BCUT2D eigenvalue weighted by Gasteiger charge is 2.30. The summed E-state index contributed by atoms with van der Waals surface area (Å²) >= 11 is 13.5. The zero-order valence-electron chi connectivity index (χ0n) is 31.6. The molecule has 7 N–H and O–H groups in total. The van der Waals surface area contributed by atoms with Crippen molar-refractivity contribution in [2.45, 2.75) is 0 Å². The Hall–Kier alpha value is -7.68. The van der Waals surface area contributed by atoms with Gasteiger partial charge in [-0.1, -0.05) is 29.3 Å². The van der Waals surface area contributed by atoms with Crippen LogP contribution in [0.5, 0.6) is 5.75 Å². The average molecular weight is 858 g/mol. The number of carbonyl (C=O) groups excluding carboxylic acids is 2. The SMILES string of the molecule is CNc1ccc2c(-c3c(Cl)cc(C(=O)NCCNC(=O)c4ccc(-c5c6ccc(=O)cc-6oc6cc(O)ccc56)c(C(=O)O)c4)c(Cl)c3C(=O)O)c3ccc(=N)cc-3oc2c1. The number of phenolic OH excluding ortho intramolecular Hbond substituents is 1. The first-order valence-electron chi connectivity index (χ1n) is 18.4. The van der Waals surface area contributed by atoms with E-state index in [1.54, 1.807) is 37.4 Å². The molecule has 0 radical (unpaired) electrons. The van der Waals surface area contributed by atoms with Crippen LogP contribution in [0.3, 0.4) is 0 Å². The van der Waals surface area contributed by atoms with Gasteiger partial charge in [0.1, 0.15) is 28.4 Å². The molecule has 0 saturated heterocycles. The molecule has 2 aliphatic carbocycles. The number of aromatic hydroxyl groups is 1. The Morgan fingerprint density at radius 3 is 2.02 bits per heavy atom. The minimum absolute atomic E-state index is 0.00685. The summed E-state index contributed by atoms with van der Waals surface area (Å²) in [5, 5.41) is 47.9. The molecule has 0 bridgehead atoms. The predicted molar refractivity (Wildman–Crippen MR) is 228 cm³/mol. The number of amides is 2. The van der Waals surface area contributed by atoms with Crippen LogP contribution in [0, 0.1) is 5.41 Å². The summed E-state index contributed by atoms with van der Waals surface area (Å²) < 4.78 is 12.0. The van der Waals surface area contributed by atoms with Crippen LogP contribution in [-0.4, -0.2) is 59.2 Å². The van der Waals surface area contributed by atoms with Gasteiger partial charge in [-0.2, -0.15) is 0 Å². The lowest BCUT2D eigenvalue weighted by Crippen LogP contribution is -2.35. The number of rotatable bonds is 10. The monoisotopic (exact) mass is 856 g/mol. The van der Waals surface area contributed by atoms with Crippen molar-refractivity contribution in [3.63, 3.8) is 0 Å². The molecule has 0 spiro atoms. The number of carboxylic acid groups (broad SMARTS) is 2. The van der Waals surface area contributed by atoms with Gasteiger partial charge in [0.15, 0.2) is 5.43 Å². The number of halogens is 2. The van der Waals surface area contributed by atoms with Gasteiger partial charge in [0.2, 0.25) is 0 Å². The largest absolute Gasteiger partial charge is 0.508 e. The molecule has 4 aromatic rings. The first-order chi connectivity index (χ1) is 29.2. The van der Waals surface area contributed by atoms with Gasteiger partial charge in [0.05, 0.1) is 32.1 Å². The van der Waals surface area contributed by atoms with Gasteiger partial charge in [-0.15, -0.1) is 0 Å². The van der Waals surface area contributed by atoms with Crippen LogP contribution in [0.4, 0.5) is 5.69 Å². The summed E-state index contributed by atoms with van der Waals surface area (Å²) in [5.74, 6) is -3.88. The maximum atomic E-state index is 13.5. The molecule has 304 valence electrons. The molecule has 0 unspecified atom stereocenters. The predicted octanol–water partition coefficient (Wildman–Crippen LogP) is 8.17. The third kappa shape index (κ3) is 7.34. The lowest BCUT2D eigenvalue weighted by atomic mass is 9.89. The number of aromatic carboxylic acids is 2. The third-order valence-corrected chi connectivity index (χ3v) is 10.8. The smallest absolute Gasteiger partial charge is 0.337 e. The van der Waals surface area contributed by atoms with Gasteiger partial charge in [0, 0.05) is 94.2 Å². The van der Waals surface area contributed by atoms with Crippen LogP contribution in [0.1, 0.15) is 41.4 Å². The Balaban J connectivity index is 1.05. The Bertz CT molecular complexity index is 3230. The van der Waals surface area contributed by atoms with E-state index >= 15 is 0 Å². The molecule has 0 atom stereocenters. The second-order valence-corrected chi connectivity index (χ2v) is 14.6. The van der Waals surface area contributed by atoms with Crippen molar-refractivity contribution < 1.29 is 43.3 Å². The van der Waals surface area contributed by atoms with Crippen LogP contribution in [0.2, 0.25) is 10.0 Å². The van der Waals surface area contributed by atoms with Crippen molar-refractivity contribution in [3.8, 4) is 50.7 Å². The highest BCUT2D eigenvalue weighted by molar-refractivity contribution is 6.41. The molecular formula is C45H30Cl2N4O10. The standard InChI is InChI=1S/C45H30Cl2N4O10/c1-49-22-4-9-29-34(16-22)60-33-15-21(48)3-8-28(33)38(29)39-32(46)19-31(41(47)40(39)45(58)59)43(55)51-13-12-50-42(54)20-2-7-25(30(14-20)44(56)57)37-26-10-5-23(52)17-35(26)61-36-18-24(53)6-11-27(36)37/h2-11,14-19,48-49,52H,12-13H2,1H3,(H,50,54)(H,51,55)(H,56,57)(H,58,59). The Morgan fingerprint density at radius 1 is 0.656 bits per heavy atom. The van der Waals surface area contributed by atoms with Gasteiger partial charge >= 0.3 is 11.9 Å². The highest BCUT2D eigenvalue weighted by atomic mass is 35.5. The number of carboxylic acids is 2. The molecule has 2 heterocycles. The topological polar surface area (TPSA) is 232 Å². The fourth-order valence-corrected chi connectivity index (χ4v) is 7.94. The average Bonchev–Trinajstić information content (AvgIpc) is 3.23. The van der Waals surface area contributed by atoms with E-state index in [0.29, 0.717) is 50.1 Å². The number of fused-ring (bicyclic) bond motifs is 4. The number of carbonyl (C=O) groups is 4. The summed E-state index contributed by atoms with van der Waals surface area (Å²) in [7, 11) is 1.73. The van der Waals surface area contributed by atoms with Crippen LogP contribution in [-0.2, 0) is 0 Å². The molecule has 14 nitrogen and oxygen atoms in total. The molecule has 0 fully saturated rings. The van der Waals surface area contributed by atoms with Crippen molar-refractivity contribution in [2.24, 2.45) is 0 Å². The molecule has 0 aromatic heterocycles. The Morgan fingerprint density at radius 2 is 1.30 bits per heavy atom. The van der Waals surface area contributed by atoms with Crippen LogP contribution in [0.15, 0.2) is 111 Å². The van der Waals surface area contributed by atoms with E-state index in [1.165, 1.54) is 66.7 Å². The van der Waals surface area contributed by atoms with Crippen molar-refractivity contribution >= 4 is 74.6 Å². The molecule has 0 saturated carbocycles. The maximum Gasteiger partial charge on any atom is 0.337 e. The summed E-state index contributed by atoms with van der Waals surface area (Å²) in [6, 6.07) is 23.6. The lowest BCUT2D eigenvalue weighted by molar-refractivity contribution is 0.0686. The number of anilines is 1.